The molecular formula is C25H28NO7S+. The van der Waals surface area contributed by atoms with Crippen LogP contribution in [0.3, 0.4) is 0 Å². The van der Waals surface area contributed by atoms with Gasteiger partial charge in [-0.1, -0.05) is 47.7 Å². The van der Waals surface area contributed by atoms with Gasteiger partial charge in [0, 0.05) is 22.6 Å². The second kappa shape index (κ2) is 9.77. The van der Waals surface area contributed by atoms with Crippen LogP contribution < -0.4 is 0 Å². The maximum absolute atomic E-state index is 12.2. The summed E-state index contributed by atoms with van der Waals surface area (Å²) >= 11 is 1.64. The lowest BCUT2D eigenvalue weighted by molar-refractivity contribution is -1.13. The zero-order chi connectivity index (χ0) is 24.5. The first-order chi connectivity index (χ1) is 16.2. The molecule has 1 saturated heterocycles. The minimum absolute atomic E-state index is 0.187. The number of piperidine rings is 1. The number of fused-ring (bicyclic) bond motifs is 2. The fourth-order valence-electron chi connectivity index (χ4n) is 4.86. The van der Waals surface area contributed by atoms with Gasteiger partial charge in [0.2, 0.25) is 6.23 Å². The zero-order valence-corrected chi connectivity index (χ0v) is 19.9. The lowest BCUT2D eigenvalue weighted by atomic mass is 9.94. The molecule has 0 amide bonds. The number of carboxylic acids is 2. The monoisotopic (exact) mass is 486 g/mol. The molecule has 2 aromatic rings. The van der Waals surface area contributed by atoms with E-state index in [-0.39, 0.29) is 13.1 Å². The standard InChI is InChI=1S/C25H27NO7S/c1-3-26(33-25(31)24(29)30)12-6-8-18(23(27)28)22(26)32-19-14-16-13-15(2)10-11-20(16)34-21-9-5-4-7-17(19)21/h4-5,7,9-11,13,18-19,22H,3,6,8,12,14H2,1-2H3,(H-,27,28,29,30)/p+1. The van der Waals surface area contributed by atoms with Crippen LogP contribution in [0.2, 0.25) is 0 Å². The average Bonchev–Trinajstić information content (AvgIpc) is 2.96. The van der Waals surface area contributed by atoms with E-state index in [1.807, 2.05) is 31.2 Å². The van der Waals surface area contributed by atoms with Crippen LogP contribution in [-0.4, -0.2) is 52.1 Å². The van der Waals surface area contributed by atoms with Crippen molar-refractivity contribution in [1.82, 2.24) is 0 Å². The van der Waals surface area contributed by atoms with Crippen LogP contribution in [0.25, 0.3) is 0 Å². The topological polar surface area (TPSA) is 110 Å². The van der Waals surface area contributed by atoms with E-state index < -0.39 is 40.8 Å². The smallest absolute Gasteiger partial charge is 0.473 e. The Balaban J connectivity index is 1.77. The number of hydrogen-bond donors (Lipinski definition) is 2. The molecule has 8 nitrogen and oxygen atoms in total. The Hall–Kier alpha value is -2.88. The van der Waals surface area contributed by atoms with E-state index in [0.717, 1.165) is 26.5 Å². The van der Waals surface area contributed by atoms with Gasteiger partial charge in [-0.15, -0.1) is 4.65 Å². The summed E-state index contributed by atoms with van der Waals surface area (Å²) in [4.78, 5) is 43.2. The number of carbonyl (C=O) groups is 3. The first-order valence-electron chi connectivity index (χ1n) is 11.3. The van der Waals surface area contributed by atoms with Crippen molar-refractivity contribution >= 4 is 29.7 Å². The van der Waals surface area contributed by atoms with Crippen LogP contribution in [-0.2, 0) is 30.4 Å². The van der Waals surface area contributed by atoms with Gasteiger partial charge in [-0.25, -0.2) is 9.59 Å². The van der Waals surface area contributed by atoms with Gasteiger partial charge in [-0.2, -0.15) is 0 Å². The number of aryl methyl sites for hydroxylation is 1. The van der Waals surface area contributed by atoms with Gasteiger partial charge >= 0.3 is 17.9 Å². The van der Waals surface area contributed by atoms with Crippen molar-refractivity contribution in [1.29, 1.82) is 0 Å². The normalized spacial score (nSPS) is 26.0. The number of carboxylic acid groups (broad SMARTS) is 2. The van der Waals surface area contributed by atoms with Gasteiger partial charge in [-0.05, 0) is 43.5 Å². The quantitative estimate of drug-likeness (QED) is 0.483. The van der Waals surface area contributed by atoms with Crippen LogP contribution in [0.4, 0.5) is 0 Å². The number of aliphatic carboxylic acids is 2. The number of quaternary nitrogens is 1. The minimum Gasteiger partial charge on any atom is -0.481 e. The lowest BCUT2D eigenvalue weighted by Gasteiger charge is -2.45. The predicted molar refractivity (Wildman–Crippen MR) is 123 cm³/mol. The van der Waals surface area contributed by atoms with Gasteiger partial charge < -0.3 is 14.9 Å². The molecule has 1 fully saturated rings. The largest absolute Gasteiger partial charge is 0.481 e. The maximum atomic E-state index is 12.2. The fourth-order valence-corrected chi connectivity index (χ4v) is 5.97. The Bertz CT molecular complexity index is 1120. The Kier molecular flexibility index (Phi) is 6.97. The molecular weight excluding hydrogens is 458 g/mol. The Morgan fingerprint density at radius 2 is 1.88 bits per heavy atom. The summed E-state index contributed by atoms with van der Waals surface area (Å²) in [5, 5.41) is 19.2. The number of rotatable bonds is 5. The Morgan fingerprint density at radius 1 is 1.12 bits per heavy atom. The summed E-state index contributed by atoms with van der Waals surface area (Å²) < 4.78 is 6.11. The molecule has 4 rings (SSSR count). The summed E-state index contributed by atoms with van der Waals surface area (Å²) in [6, 6.07) is 14.1. The van der Waals surface area contributed by atoms with E-state index in [4.69, 9.17) is 14.7 Å². The van der Waals surface area contributed by atoms with Gasteiger partial charge in [0.05, 0.1) is 6.10 Å². The molecule has 0 spiro atoms. The molecule has 2 aliphatic heterocycles. The molecule has 9 heteroatoms. The SMILES string of the molecule is CC[N+]1(OC(=O)C(=O)O)CCCC(C(=O)O)C1OC1Cc2cc(C)ccc2Sc2ccccc21. The lowest BCUT2D eigenvalue weighted by Crippen LogP contribution is -2.64. The molecule has 0 aliphatic carbocycles. The average molecular weight is 487 g/mol. The molecule has 2 aromatic carbocycles. The summed E-state index contributed by atoms with van der Waals surface area (Å²) in [5.74, 6) is -5.14. The summed E-state index contributed by atoms with van der Waals surface area (Å²) in [5.41, 5.74) is 3.13. The summed E-state index contributed by atoms with van der Waals surface area (Å²) in [6.45, 7) is 4.23. The van der Waals surface area contributed by atoms with E-state index in [2.05, 4.69) is 18.2 Å². The van der Waals surface area contributed by atoms with Crippen molar-refractivity contribution in [2.75, 3.05) is 13.1 Å². The third-order valence-electron chi connectivity index (χ3n) is 6.56. The minimum atomic E-state index is -1.72. The molecule has 0 radical (unpaired) electrons. The molecule has 0 bridgehead atoms. The third-order valence-corrected chi connectivity index (χ3v) is 7.77. The van der Waals surface area contributed by atoms with Gasteiger partial charge in [0.15, 0.2) is 0 Å². The molecule has 4 atom stereocenters. The first kappa shape index (κ1) is 24.3. The highest BCUT2D eigenvalue weighted by Crippen LogP contribution is 2.44. The van der Waals surface area contributed by atoms with Crippen LogP contribution in [0, 0.1) is 12.8 Å². The number of hydrogen-bond acceptors (Lipinski definition) is 6. The maximum Gasteiger partial charge on any atom is 0.473 e. The number of hydroxylamine groups is 3. The molecule has 2 aliphatic rings. The van der Waals surface area contributed by atoms with Crippen LogP contribution in [0.5, 0.6) is 0 Å². The third kappa shape index (κ3) is 4.68. The van der Waals surface area contributed by atoms with Crippen molar-refractivity contribution < 1.29 is 38.8 Å². The van der Waals surface area contributed by atoms with Crippen molar-refractivity contribution in [2.24, 2.45) is 5.92 Å². The predicted octanol–water partition coefficient (Wildman–Crippen LogP) is 3.96. The van der Waals surface area contributed by atoms with Gasteiger partial charge in [-0.3, -0.25) is 9.63 Å². The van der Waals surface area contributed by atoms with Crippen molar-refractivity contribution in [3.63, 3.8) is 0 Å². The number of carbonyl (C=O) groups excluding carboxylic acids is 1. The van der Waals surface area contributed by atoms with Crippen molar-refractivity contribution in [3.8, 4) is 0 Å². The van der Waals surface area contributed by atoms with Crippen molar-refractivity contribution in [2.45, 2.75) is 55.2 Å². The fraction of sp³-hybridized carbons (Fsp3) is 0.400. The summed E-state index contributed by atoms with van der Waals surface area (Å²) in [6.07, 6.45) is -0.209. The molecule has 4 unspecified atom stereocenters. The molecule has 0 saturated carbocycles. The Labute approximate surface area is 202 Å². The van der Waals surface area contributed by atoms with Crippen LogP contribution >= 0.6 is 11.8 Å². The highest BCUT2D eigenvalue weighted by Gasteiger charge is 2.54. The molecule has 2 N–H and O–H groups in total. The highest BCUT2D eigenvalue weighted by molar-refractivity contribution is 7.99. The van der Waals surface area contributed by atoms with E-state index >= 15 is 0 Å². The Morgan fingerprint density at radius 3 is 2.59 bits per heavy atom. The number of benzene rings is 2. The zero-order valence-electron chi connectivity index (χ0n) is 19.1. The first-order valence-corrected chi connectivity index (χ1v) is 12.1. The number of likely N-dealkylation sites (tertiary alicyclic amines) is 1. The van der Waals surface area contributed by atoms with E-state index in [1.165, 1.54) is 0 Å². The second-order valence-electron chi connectivity index (χ2n) is 8.73. The molecule has 0 aromatic heterocycles. The van der Waals surface area contributed by atoms with Crippen molar-refractivity contribution in [3.05, 3.63) is 59.2 Å². The summed E-state index contributed by atoms with van der Waals surface area (Å²) in [7, 11) is 0. The van der Waals surface area contributed by atoms with Gasteiger partial charge in [0.25, 0.3) is 0 Å². The second-order valence-corrected chi connectivity index (χ2v) is 9.82. The molecule has 34 heavy (non-hydrogen) atoms. The number of nitrogens with zero attached hydrogens (tertiary/aromatic N) is 1. The highest BCUT2D eigenvalue weighted by atomic mass is 32.2. The van der Waals surface area contributed by atoms with E-state index in [1.54, 1.807) is 18.7 Å². The van der Waals surface area contributed by atoms with E-state index in [0.29, 0.717) is 19.3 Å². The van der Waals surface area contributed by atoms with Gasteiger partial charge in [0.1, 0.15) is 19.0 Å². The molecule has 180 valence electrons. The van der Waals surface area contributed by atoms with Crippen LogP contribution in [0.15, 0.2) is 52.3 Å². The van der Waals surface area contributed by atoms with E-state index in [9.17, 15) is 19.5 Å². The molecule has 2 heterocycles. The van der Waals surface area contributed by atoms with Crippen LogP contribution in [0.1, 0.15) is 42.6 Å². The number of ether oxygens (including phenoxy) is 1.